The van der Waals surface area contributed by atoms with Gasteiger partial charge in [-0.3, -0.25) is 23.7 Å². The number of imidazole rings is 1. The molecule has 4 aromatic rings. The summed E-state index contributed by atoms with van der Waals surface area (Å²) in [7, 11) is -17.2. The summed E-state index contributed by atoms with van der Waals surface area (Å²) in [5.41, 5.74) is 3.81. The fraction of sp³-hybridized carbons (Fsp3) is 0.240. The summed E-state index contributed by atoms with van der Waals surface area (Å²) < 4.78 is 54.0. The van der Waals surface area contributed by atoms with Crippen LogP contribution in [0.4, 0.5) is 5.95 Å². The molecular weight excluding hydrogens is 735 g/mol. The van der Waals surface area contributed by atoms with Crippen LogP contribution in [0.1, 0.15) is 43.6 Å². The number of aromatic nitrogens is 4. The molecule has 2 aromatic carbocycles. The molecular formula is C25H25N5O17P3-. The van der Waals surface area contributed by atoms with E-state index in [0.29, 0.717) is 0 Å². The number of carboxylic acids is 1. The van der Waals surface area contributed by atoms with Crippen molar-refractivity contribution in [1.29, 1.82) is 0 Å². The number of ether oxygens (including phenoxy) is 1. The second kappa shape index (κ2) is 14.0. The number of hydrogen-bond acceptors (Lipinski definition) is 16. The number of aromatic carboxylic acids is 1. The van der Waals surface area contributed by atoms with Crippen LogP contribution in [0.5, 0.6) is 0 Å². The van der Waals surface area contributed by atoms with Gasteiger partial charge in [0.15, 0.2) is 23.2 Å². The van der Waals surface area contributed by atoms with Gasteiger partial charge in [0, 0.05) is 17.5 Å². The largest absolute Gasteiger partial charge is 0.545 e. The Labute approximate surface area is 278 Å². The van der Waals surface area contributed by atoms with Crippen molar-refractivity contribution in [2.75, 3.05) is 5.73 Å². The topological polar surface area (TPSA) is 356 Å². The third kappa shape index (κ3) is 8.31. The zero-order valence-electron chi connectivity index (χ0n) is 24.8. The molecule has 1 aliphatic heterocycles. The molecule has 6 atom stereocenters. The minimum Gasteiger partial charge on any atom is -0.545 e. The quantitative estimate of drug-likeness (QED) is 0.0598. The van der Waals surface area contributed by atoms with Crippen LogP contribution in [0.3, 0.4) is 0 Å². The highest BCUT2D eigenvalue weighted by molar-refractivity contribution is 7.66. The van der Waals surface area contributed by atoms with E-state index in [-0.39, 0.29) is 45.8 Å². The first-order valence-electron chi connectivity index (χ1n) is 13.7. The number of nitrogens with one attached hydrogen (secondary N) is 1. The zero-order valence-corrected chi connectivity index (χ0v) is 27.5. The molecule has 5 rings (SSSR count). The summed E-state index contributed by atoms with van der Waals surface area (Å²) in [5, 5.41) is 33.3. The molecule has 0 radical (unpaired) electrons. The van der Waals surface area contributed by atoms with Crippen molar-refractivity contribution >= 4 is 52.3 Å². The Balaban J connectivity index is 1.41. The van der Waals surface area contributed by atoms with E-state index in [0.717, 1.165) is 24.5 Å². The van der Waals surface area contributed by atoms with Crippen molar-refractivity contribution in [3.63, 3.8) is 0 Å². The summed E-state index contributed by atoms with van der Waals surface area (Å²) >= 11 is 0. The number of phosphoric acid groups is 3. The average Bonchev–Trinajstić information content (AvgIpc) is 3.54. The molecule has 22 nitrogen and oxygen atoms in total. The number of nitrogen functional groups attached to an aromatic ring is 1. The minimum absolute atomic E-state index is 0.0394. The molecule has 0 saturated carbocycles. The van der Waals surface area contributed by atoms with Crippen LogP contribution in [-0.4, -0.2) is 79.4 Å². The maximum atomic E-state index is 13.9. The molecule has 0 bridgehead atoms. The Bertz CT molecular complexity index is 2180. The van der Waals surface area contributed by atoms with Gasteiger partial charge >= 0.3 is 23.5 Å². The number of fused-ring (bicyclic) bond motifs is 1. The van der Waals surface area contributed by atoms with E-state index in [9.17, 15) is 53.2 Å². The van der Waals surface area contributed by atoms with Crippen LogP contribution in [-0.2, 0) is 44.6 Å². The van der Waals surface area contributed by atoms with Crippen molar-refractivity contribution in [1.82, 2.24) is 19.5 Å². The average molecular weight is 760 g/mol. The number of carbonyl (C=O) groups excluding carboxylic acids is 2. The molecule has 1 fully saturated rings. The van der Waals surface area contributed by atoms with Gasteiger partial charge in [0.1, 0.15) is 12.2 Å². The van der Waals surface area contributed by atoms with Crippen LogP contribution >= 0.6 is 23.5 Å². The summed E-state index contributed by atoms with van der Waals surface area (Å²) in [6.07, 6.45) is -4.61. The molecule has 3 heterocycles. The van der Waals surface area contributed by atoms with E-state index in [1.807, 2.05) is 0 Å². The molecule has 6 unspecified atom stereocenters. The number of phosphoric ester groups is 1. The van der Waals surface area contributed by atoms with Crippen LogP contribution in [0.15, 0.2) is 53.6 Å². The second-order valence-corrected chi connectivity index (χ2v) is 15.0. The van der Waals surface area contributed by atoms with E-state index in [1.54, 1.807) is 6.07 Å². The van der Waals surface area contributed by atoms with Crippen LogP contribution in [0, 0.1) is 0 Å². The van der Waals surface area contributed by atoms with Gasteiger partial charge in [0.05, 0.1) is 25.0 Å². The van der Waals surface area contributed by atoms with Gasteiger partial charge in [-0.05, 0) is 22.8 Å². The Morgan fingerprint density at radius 1 is 0.980 bits per heavy atom. The summed E-state index contributed by atoms with van der Waals surface area (Å²) in [6.45, 7) is -1.13. The maximum Gasteiger partial charge on any atom is 0.490 e. The number of aromatic amines is 1. The summed E-state index contributed by atoms with van der Waals surface area (Å²) in [4.78, 5) is 84.6. The van der Waals surface area contributed by atoms with Gasteiger partial charge in [-0.1, -0.05) is 36.4 Å². The number of carboxylic acid groups (broad SMARTS) is 1. The molecule has 0 spiro atoms. The predicted octanol–water partition coefficient (Wildman–Crippen LogP) is -0.999. The standard InChI is InChI=1S/C25H26N5O17P3/c26-25-28-21-17(22(34)29-25)27-10-30(21)23-20(33)19(32)16(45-23)8-11-3-1-2-4-14(11)18(31)15-6-5-12(24(35)36)7-13(15)9-44-49(40,41)47-50(42,43)46-48(37,38)39/h1-7,10,16,19-20,23,32-33H,8-9H2,(H,35,36)(H,40,41)(H,42,43)(H2,37,38,39)(H3,26,28,29,34)/p-1. The number of ketones is 1. The number of nitrogens with zero attached hydrogens (tertiary/aromatic N) is 3. The molecule has 0 amide bonds. The molecule has 0 aliphatic carbocycles. The number of nitrogens with two attached hydrogens (primary N) is 1. The number of aliphatic hydroxyl groups excluding tert-OH is 2. The SMILES string of the molecule is Nc1nc2c(ncn2C2OC(Cc3ccccc3C(=O)c3ccc(C(=O)[O-])cc3COP(=O)(O)OP(=O)(O)OP(=O)(O)O)C(O)C2O)c(=O)[nH]1. The molecule has 1 aliphatic rings. The maximum absolute atomic E-state index is 13.9. The van der Waals surface area contributed by atoms with Crippen LogP contribution in [0.25, 0.3) is 11.2 Å². The number of anilines is 1. The third-order valence-electron chi connectivity index (χ3n) is 7.13. The van der Waals surface area contributed by atoms with Crippen LogP contribution < -0.4 is 16.4 Å². The normalized spacial score (nSPS) is 21.9. The molecule has 50 heavy (non-hydrogen) atoms. The zero-order chi connectivity index (χ0) is 36.8. The van der Waals surface area contributed by atoms with Gasteiger partial charge in [0.25, 0.3) is 5.56 Å². The number of rotatable bonds is 13. The Morgan fingerprint density at radius 2 is 1.66 bits per heavy atom. The Morgan fingerprint density at radius 3 is 2.34 bits per heavy atom. The van der Waals surface area contributed by atoms with E-state index in [1.165, 1.54) is 22.8 Å². The van der Waals surface area contributed by atoms with Gasteiger partial charge < -0.3 is 50.2 Å². The molecule has 268 valence electrons. The van der Waals surface area contributed by atoms with E-state index >= 15 is 0 Å². The lowest BCUT2D eigenvalue weighted by atomic mass is 9.91. The number of benzene rings is 2. The van der Waals surface area contributed by atoms with Crippen molar-refractivity contribution < 1.29 is 76.1 Å². The lowest BCUT2D eigenvalue weighted by Crippen LogP contribution is -2.32. The minimum atomic E-state index is -5.88. The smallest absolute Gasteiger partial charge is 0.490 e. The molecule has 25 heteroatoms. The highest BCUT2D eigenvalue weighted by Crippen LogP contribution is 2.66. The highest BCUT2D eigenvalue weighted by Gasteiger charge is 2.45. The predicted molar refractivity (Wildman–Crippen MR) is 161 cm³/mol. The lowest BCUT2D eigenvalue weighted by Gasteiger charge is -2.19. The van der Waals surface area contributed by atoms with E-state index in [2.05, 4.69) is 28.1 Å². The number of hydrogen-bond donors (Lipinski definition) is 8. The van der Waals surface area contributed by atoms with Gasteiger partial charge in [-0.15, -0.1) is 0 Å². The number of H-pyrrole nitrogens is 1. The Hall–Kier alpha value is -3.98. The van der Waals surface area contributed by atoms with Gasteiger partial charge in [-0.2, -0.15) is 13.6 Å². The van der Waals surface area contributed by atoms with Crippen molar-refractivity contribution in [2.45, 2.75) is 37.6 Å². The number of aliphatic hydroxyl groups is 2. The highest BCUT2D eigenvalue weighted by atomic mass is 31.3. The number of carbonyl (C=O) groups is 2. The molecule has 1 saturated heterocycles. The fourth-order valence-corrected chi connectivity index (χ4v) is 8.05. The summed E-state index contributed by atoms with van der Waals surface area (Å²) in [5.74, 6) is -2.78. The van der Waals surface area contributed by atoms with Gasteiger partial charge in [0.2, 0.25) is 5.95 Å². The van der Waals surface area contributed by atoms with Crippen molar-refractivity contribution in [3.8, 4) is 0 Å². The summed E-state index contributed by atoms with van der Waals surface area (Å²) in [6, 6.07) is 8.68. The van der Waals surface area contributed by atoms with Gasteiger partial charge in [-0.25, -0.2) is 18.7 Å². The fourth-order valence-electron chi connectivity index (χ4n) is 5.05. The van der Waals surface area contributed by atoms with E-state index in [4.69, 9.17) is 20.3 Å². The van der Waals surface area contributed by atoms with E-state index < -0.39 is 77.5 Å². The lowest BCUT2D eigenvalue weighted by molar-refractivity contribution is -0.255. The molecule has 9 N–H and O–H groups in total. The Kier molecular flexibility index (Phi) is 10.4. The second-order valence-electron chi connectivity index (χ2n) is 10.5. The first kappa shape index (κ1) is 37.3. The monoisotopic (exact) mass is 760 g/mol. The molecule has 2 aromatic heterocycles. The van der Waals surface area contributed by atoms with Crippen molar-refractivity contribution in [2.24, 2.45) is 0 Å². The first-order chi connectivity index (χ1) is 23.2. The first-order valence-corrected chi connectivity index (χ1v) is 18.3. The third-order valence-corrected chi connectivity index (χ3v) is 10.9. The van der Waals surface area contributed by atoms with Crippen molar-refractivity contribution in [3.05, 3.63) is 87.0 Å². The van der Waals surface area contributed by atoms with Crippen LogP contribution in [0.2, 0.25) is 0 Å².